The maximum Gasteiger partial charge on any atom is 0.302 e. The molecule has 1 spiro atoms. The third kappa shape index (κ3) is 1.46. The van der Waals surface area contributed by atoms with E-state index >= 15 is 0 Å². The highest BCUT2D eigenvalue weighted by Crippen LogP contribution is 2.69. The Labute approximate surface area is 162 Å². The lowest BCUT2D eigenvalue weighted by Crippen LogP contribution is -2.78. The number of nitrogens with zero attached hydrogens (tertiary/aromatic N) is 2. The molecule has 28 heavy (non-hydrogen) atoms. The van der Waals surface area contributed by atoms with Gasteiger partial charge < -0.3 is 24.6 Å². The molecule has 7 heteroatoms. The number of aldehydes is 1. The van der Waals surface area contributed by atoms with E-state index in [1.165, 1.54) is 6.92 Å². The topological polar surface area (TPSA) is 92.5 Å². The fraction of sp³-hybridized carbons (Fsp3) is 0.571. The zero-order valence-corrected chi connectivity index (χ0v) is 15.8. The number of rotatable bonds is 2. The van der Waals surface area contributed by atoms with Crippen LogP contribution in [-0.2, 0) is 19.7 Å². The second-order valence-electron chi connectivity index (χ2n) is 9.18. The van der Waals surface area contributed by atoms with Crippen LogP contribution in [0.3, 0.4) is 0 Å². The van der Waals surface area contributed by atoms with E-state index in [-0.39, 0.29) is 29.8 Å². The molecule has 1 saturated carbocycles. The summed E-state index contributed by atoms with van der Waals surface area (Å²) in [6, 6.07) is 6.33. The van der Waals surface area contributed by atoms with Gasteiger partial charge in [-0.2, -0.15) is 4.74 Å². The van der Waals surface area contributed by atoms with E-state index in [9.17, 15) is 20.0 Å². The fourth-order valence-corrected chi connectivity index (χ4v) is 7.77. The van der Waals surface area contributed by atoms with Gasteiger partial charge in [0, 0.05) is 31.4 Å². The first-order valence-corrected chi connectivity index (χ1v) is 10.0. The Kier molecular flexibility index (Phi) is 2.88. The Morgan fingerprint density at radius 3 is 2.86 bits per heavy atom. The molecule has 6 aliphatic rings. The van der Waals surface area contributed by atoms with E-state index in [1.807, 2.05) is 25.1 Å². The number of hydrogen-bond acceptors (Lipinski definition) is 5. The summed E-state index contributed by atoms with van der Waals surface area (Å²) in [4.78, 5) is 24.0. The molecule has 0 aromatic heterocycles. The van der Waals surface area contributed by atoms with Crippen molar-refractivity contribution in [3.05, 3.63) is 40.2 Å². The molecule has 5 fully saturated rings. The van der Waals surface area contributed by atoms with E-state index in [2.05, 4.69) is 0 Å². The van der Waals surface area contributed by atoms with Crippen LogP contribution < -0.4 is 0 Å². The summed E-state index contributed by atoms with van der Waals surface area (Å²) in [7, 11) is 0. The maximum absolute atomic E-state index is 14.3. The molecule has 4 saturated heterocycles. The highest BCUT2D eigenvalue weighted by atomic mass is 16.6. The highest BCUT2D eigenvalue weighted by Gasteiger charge is 2.83. The van der Waals surface area contributed by atoms with Crippen molar-refractivity contribution < 1.29 is 23.7 Å². The van der Waals surface area contributed by atoms with E-state index in [0.29, 0.717) is 24.2 Å². The summed E-state index contributed by atoms with van der Waals surface area (Å²) >= 11 is 0. The van der Waals surface area contributed by atoms with Crippen LogP contribution in [0.25, 0.3) is 0 Å². The number of ether oxygens (including phenoxy) is 1. The van der Waals surface area contributed by atoms with Crippen molar-refractivity contribution in [3.8, 4) is 0 Å². The number of piperidine rings is 4. The molecule has 0 radical (unpaired) electrons. The van der Waals surface area contributed by atoms with Crippen molar-refractivity contribution in [2.75, 3.05) is 0 Å². The molecule has 1 aromatic carbocycles. The summed E-state index contributed by atoms with van der Waals surface area (Å²) in [5, 5.41) is 27.8. The van der Waals surface area contributed by atoms with Gasteiger partial charge in [-0.15, -0.1) is 0 Å². The minimum atomic E-state index is -0.734. The van der Waals surface area contributed by atoms with E-state index in [4.69, 9.17) is 4.74 Å². The molecule has 4 unspecified atom stereocenters. The molecule has 1 aromatic rings. The lowest BCUT2D eigenvalue weighted by Gasteiger charge is -2.68. The maximum atomic E-state index is 14.3. The molecular formula is C21H22N2O5. The lowest BCUT2D eigenvalue weighted by atomic mass is 9.62. The Balaban J connectivity index is 1.68. The van der Waals surface area contributed by atoms with Crippen molar-refractivity contribution in [1.29, 1.82) is 0 Å². The van der Waals surface area contributed by atoms with Gasteiger partial charge in [0.2, 0.25) is 11.4 Å². The number of carbonyl (C=O) groups excluding carboxylic acids is 2. The standard InChI is InChI=1S/C21H22N2O5/c1-10-13(9-24)12-7-16-19-21(14-5-3-4-6-15(14)22(19)26)8-17(23(10,16)27)18(12)20(21)28-11(2)25/h3-6,9-10,12-13,16-18,20H,7-8H2,1-2H3/t10-,12?,13-,16-,17-,18?,20?,21+,23?/m0/s1. The SMILES string of the molecule is CC(=O)OC1C2C3C[C@H]4C5=[N+]([O-])c6ccccc6[C@]51C[C@@H]2[N+]4([O-])[C@@H](C)[C@@H]3C=O. The first kappa shape index (κ1) is 16.7. The van der Waals surface area contributed by atoms with Crippen LogP contribution in [0.15, 0.2) is 24.3 Å². The Morgan fingerprint density at radius 1 is 1.39 bits per heavy atom. The lowest BCUT2D eigenvalue weighted by molar-refractivity contribution is -0.967. The summed E-state index contributed by atoms with van der Waals surface area (Å²) < 4.78 is 6.32. The van der Waals surface area contributed by atoms with Gasteiger partial charge in [0.15, 0.2) is 6.04 Å². The predicted octanol–water partition coefficient (Wildman–Crippen LogP) is 1.77. The summed E-state index contributed by atoms with van der Waals surface area (Å²) in [6.45, 7) is 3.23. The number of benzene rings is 1. The number of hydroxylamine groups is 3. The number of carbonyl (C=O) groups is 2. The number of quaternary nitrogens is 1. The Bertz CT molecular complexity index is 975. The number of fused-ring (bicyclic) bond motifs is 2. The van der Waals surface area contributed by atoms with Gasteiger partial charge in [-0.1, -0.05) is 18.2 Å². The van der Waals surface area contributed by atoms with Gasteiger partial charge in [-0.05, 0) is 12.8 Å². The van der Waals surface area contributed by atoms with Crippen molar-refractivity contribution in [2.24, 2.45) is 17.8 Å². The second-order valence-corrected chi connectivity index (χ2v) is 9.18. The quantitative estimate of drug-likeness (QED) is 0.256. The van der Waals surface area contributed by atoms with Crippen LogP contribution in [0, 0.1) is 28.2 Å². The zero-order valence-electron chi connectivity index (χ0n) is 15.8. The van der Waals surface area contributed by atoms with Gasteiger partial charge >= 0.3 is 5.97 Å². The average Bonchev–Trinajstić information content (AvgIpc) is 3.06. The Hall–Kier alpha value is -2.25. The number of para-hydroxylation sites is 1. The van der Waals surface area contributed by atoms with Gasteiger partial charge in [-0.25, -0.2) is 0 Å². The minimum Gasteiger partial charge on any atom is -0.632 e. The van der Waals surface area contributed by atoms with Gasteiger partial charge in [0.05, 0.1) is 23.9 Å². The Morgan fingerprint density at radius 2 is 2.14 bits per heavy atom. The first-order chi connectivity index (χ1) is 13.4. The van der Waals surface area contributed by atoms with Gasteiger partial charge in [0.1, 0.15) is 17.8 Å². The highest BCUT2D eigenvalue weighted by molar-refractivity contribution is 6.02. The van der Waals surface area contributed by atoms with Crippen molar-refractivity contribution in [2.45, 2.75) is 56.3 Å². The molecule has 5 heterocycles. The summed E-state index contributed by atoms with van der Waals surface area (Å²) in [6.07, 6.45) is 1.37. The van der Waals surface area contributed by atoms with Crippen molar-refractivity contribution >= 4 is 23.7 Å². The van der Waals surface area contributed by atoms with Crippen LogP contribution in [0.1, 0.15) is 32.3 Å². The molecule has 7 nitrogen and oxygen atoms in total. The van der Waals surface area contributed by atoms with Crippen LogP contribution in [0.2, 0.25) is 0 Å². The van der Waals surface area contributed by atoms with Crippen LogP contribution in [0.4, 0.5) is 5.69 Å². The van der Waals surface area contributed by atoms with E-state index in [0.717, 1.165) is 16.6 Å². The van der Waals surface area contributed by atoms with Crippen LogP contribution >= 0.6 is 0 Å². The van der Waals surface area contributed by atoms with Crippen LogP contribution in [-0.4, -0.2) is 51.6 Å². The molecular weight excluding hydrogens is 360 g/mol. The summed E-state index contributed by atoms with van der Waals surface area (Å²) in [5.41, 5.74) is 1.26. The molecule has 1 aliphatic carbocycles. The van der Waals surface area contributed by atoms with Crippen molar-refractivity contribution in [3.63, 3.8) is 0 Å². The smallest absolute Gasteiger partial charge is 0.302 e. The predicted molar refractivity (Wildman–Crippen MR) is 98.4 cm³/mol. The molecule has 0 amide bonds. The minimum absolute atomic E-state index is 0.0289. The van der Waals surface area contributed by atoms with Crippen LogP contribution in [0.5, 0.6) is 0 Å². The number of esters is 1. The second kappa shape index (κ2) is 4.83. The first-order valence-electron chi connectivity index (χ1n) is 10.0. The largest absolute Gasteiger partial charge is 0.632 e. The molecule has 9 atom stereocenters. The molecule has 0 N–H and O–H groups in total. The molecule has 5 aliphatic heterocycles. The van der Waals surface area contributed by atoms with Gasteiger partial charge in [0.25, 0.3) is 0 Å². The molecule has 7 rings (SSSR count). The molecule has 5 bridgehead atoms. The van der Waals surface area contributed by atoms with Crippen molar-refractivity contribution in [1.82, 2.24) is 0 Å². The zero-order chi connectivity index (χ0) is 19.6. The van der Waals surface area contributed by atoms with E-state index < -0.39 is 28.2 Å². The van der Waals surface area contributed by atoms with E-state index in [1.54, 1.807) is 6.07 Å². The monoisotopic (exact) mass is 382 g/mol. The molecule has 146 valence electrons. The normalized spacial score (nSPS) is 49.2. The third-order valence-corrected chi connectivity index (χ3v) is 8.54. The fourth-order valence-electron chi connectivity index (χ4n) is 7.77. The third-order valence-electron chi connectivity index (χ3n) is 8.54. The van der Waals surface area contributed by atoms with Gasteiger partial charge in [-0.3, -0.25) is 4.79 Å². The average molecular weight is 382 g/mol. The number of hydrogen-bond donors (Lipinski definition) is 0. The summed E-state index contributed by atoms with van der Waals surface area (Å²) in [5.74, 6) is -0.992.